The third kappa shape index (κ3) is 2.69. The summed E-state index contributed by atoms with van der Waals surface area (Å²) in [7, 11) is 0. The van der Waals surface area contributed by atoms with E-state index in [1.165, 1.54) is 13.0 Å². The number of benzene rings is 1. The molecule has 2 N–H and O–H groups in total. The third-order valence-corrected chi connectivity index (χ3v) is 2.95. The van der Waals surface area contributed by atoms with Gasteiger partial charge in [-0.05, 0) is 17.7 Å². The van der Waals surface area contributed by atoms with E-state index in [0.29, 0.717) is 11.3 Å². The summed E-state index contributed by atoms with van der Waals surface area (Å²) in [5, 5.41) is 12.4. The standard InChI is InChI=1S/C15H14N2O4/c1-3-8-17-14(20)12(13(19)15(17)21)10-4-6-11(7-5-10)16-9(2)18/h3-7,19H,1,8H2,2H3,(H,16,18). The van der Waals surface area contributed by atoms with Crippen LogP contribution in [0.4, 0.5) is 5.69 Å². The molecule has 6 nitrogen and oxygen atoms in total. The van der Waals surface area contributed by atoms with Crippen molar-refractivity contribution < 1.29 is 19.5 Å². The van der Waals surface area contributed by atoms with E-state index < -0.39 is 17.6 Å². The number of nitrogens with zero attached hydrogens (tertiary/aromatic N) is 1. The summed E-state index contributed by atoms with van der Waals surface area (Å²) in [5.74, 6) is -2.09. The first kappa shape index (κ1) is 14.5. The van der Waals surface area contributed by atoms with Crippen LogP contribution in [0.2, 0.25) is 0 Å². The quantitative estimate of drug-likeness (QED) is 0.648. The lowest BCUT2D eigenvalue weighted by Gasteiger charge is -2.11. The Hall–Kier alpha value is -2.89. The average molecular weight is 286 g/mol. The number of hydrogen-bond donors (Lipinski definition) is 2. The molecule has 1 heterocycles. The molecule has 0 bridgehead atoms. The summed E-state index contributed by atoms with van der Waals surface area (Å²) in [6, 6.07) is 6.29. The number of rotatable bonds is 4. The minimum Gasteiger partial charge on any atom is -0.502 e. The monoisotopic (exact) mass is 286 g/mol. The van der Waals surface area contributed by atoms with Crippen molar-refractivity contribution in [2.45, 2.75) is 6.92 Å². The van der Waals surface area contributed by atoms with Crippen LogP contribution >= 0.6 is 0 Å². The van der Waals surface area contributed by atoms with Crippen LogP contribution < -0.4 is 5.32 Å². The first-order chi connectivity index (χ1) is 9.95. The number of carbonyl (C=O) groups excluding carboxylic acids is 3. The third-order valence-electron chi connectivity index (χ3n) is 2.95. The van der Waals surface area contributed by atoms with Crippen LogP contribution in [0.3, 0.4) is 0 Å². The minimum atomic E-state index is -0.735. The Balaban J connectivity index is 2.33. The zero-order chi connectivity index (χ0) is 15.6. The van der Waals surface area contributed by atoms with Crippen molar-refractivity contribution >= 4 is 29.0 Å². The van der Waals surface area contributed by atoms with Gasteiger partial charge >= 0.3 is 0 Å². The normalized spacial score (nSPS) is 14.6. The molecule has 1 aliphatic heterocycles. The van der Waals surface area contributed by atoms with E-state index in [1.54, 1.807) is 24.3 Å². The Labute approximate surface area is 121 Å². The van der Waals surface area contributed by atoms with Gasteiger partial charge in [-0.3, -0.25) is 19.3 Å². The maximum Gasteiger partial charge on any atom is 0.296 e. The number of aliphatic hydroxyl groups excluding tert-OH is 1. The second-order valence-electron chi connectivity index (χ2n) is 4.49. The fourth-order valence-corrected chi connectivity index (χ4v) is 2.04. The summed E-state index contributed by atoms with van der Waals surface area (Å²) < 4.78 is 0. The Morgan fingerprint density at radius 2 is 1.90 bits per heavy atom. The lowest BCUT2D eigenvalue weighted by Crippen LogP contribution is -2.31. The van der Waals surface area contributed by atoms with Gasteiger partial charge < -0.3 is 10.4 Å². The second-order valence-corrected chi connectivity index (χ2v) is 4.49. The van der Waals surface area contributed by atoms with E-state index in [1.807, 2.05) is 0 Å². The molecule has 0 atom stereocenters. The van der Waals surface area contributed by atoms with Crippen molar-refractivity contribution in [3.8, 4) is 0 Å². The van der Waals surface area contributed by atoms with Gasteiger partial charge in [0.2, 0.25) is 5.91 Å². The van der Waals surface area contributed by atoms with Crippen molar-refractivity contribution in [2.75, 3.05) is 11.9 Å². The molecule has 0 unspecified atom stereocenters. The Morgan fingerprint density at radius 1 is 1.29 bits per heavy atom. The summed E-state index contributed by atoms with van der Waals surface area (Å²) in [5.41, 5.74) is 0.925. The second kappa shape index (κ2) is 5.62. The number of imide groups is 1. The van der Waals surface area contributed by atoms with Gasteiger partial charge in [0.15, 0.2) is 5.76 Å². The van der Waals surface area contributed by atoms with E-state index in [-0.39, 0.29) is 18.0 Å². The molecule has 0 spiro atoms. The summed E-state index contributed by atoms with van der Waals surface area (Å²) in [6.07, 6.45) is 1.41. The maximum absolute atomic E-state index is 12.1. The van der Waals surface area contributed by atoms with E-state index in [9.17, 15) is 19.5 Å². The number of carbonyl (C=O) groups is 3. The number of anilines is 1. The molecule has 2 rings (SSSR count). The van der Waals surface area contributed by atoms with Crippen molar-refractivity contribution in [1.29, 1.82) is 0 Å². The summed E-state index contributed by atoms with van der Waals surface area (Å²) in [6.45, 7) is 4.89. The Morgan fingerprint density at radius 3 is 2.43 bits per heavy atom. The molecule has 1 aromatic carbocycles. The van der Waals surface area contributed by atoms with Crippen molar-refractivity contribution in [2.24, 2.45) is 0 Å². The first-order valence-corrected chi connectivity index (χ1v) is 6.24. The van der Waals surface area contributed by atoms with Crippen LogP contribution in [-0.4, -0.2) is 34.3 Å². The van der Waals surface area contributed by atoms with Gasteiger partial charge in [0.25, 0.3) is 11.8 Å². The Kier molecular flexibility index (Phi) is 3.89. The molecule has 6 heteroatoms. The Bertz CT molecular complexity index is 659. The fourth-order valence-electron chi connectivity index (χ4n) is 2.04. The zero-order valence-electron chi connectivity index (χ0n) is 11.4. The molecule has 0 radical (unpaired) electrons. The molecule has 1 aromatic rings. The molecule has 0 saturated carbocycles. The molecule has 1 aliphatic rings. The van der Waals surface area contributed by atoms with Crippen LogP contribution in [0.15, 0.2) is 42.7 Å². The van der Waals surface area contributed by atoms with Gasteiger partial charge in [0, 0.05) is 19.2 Å². The molecule has 3 amide bonds. The highest BCUT2D eigenvalue weighted by Crippen LogP contribution is 2.28. The van der Waals surface area contributed by atoms with E-state index in [2.05, 4.69) is 11.9 Å². The van der Waals surface area contributed by atoms with E-state index in [0.717, 1.165) is 4.90 Å². The van der Waals surface area contributed by atoms with Gasteiger partial charge in [0.05, 0.1) is 5.57 Å². The maximum atomic E-state index is 12.1. The van der Waals surface area contributed by atoms with Gasteiger partial charge in [-0.2, -0.15) is 0 Å². The fraction of sp³-hybridized carbons (Fsp3) is 0.133. The predicted octanol–water partition coefficient (Wildman–Crippen LogP) is 1.47. The number of nitrogens with one attached hydrogen (secondary N) is 1. The molecular weight excluding hydrogens is 272 g/mol. The van der Waals surface area contributed by atoms with Gasteiger partial charge in [-0.1, -0.05) is 18.2 Å². The number of aliphatic hydroxyl groups is 1. The van der Waals surface area contributed by atoms with Crippen LogP contribution in [0.1, 0.15) is 12.5 Å². The predicted molar refractivity (Wildman–Crippen MR) is 77.2 cm³/mol. The van der Waals surface area contributed by atoms with Crippen LogP contribution in [0.25, 0.3) is 5.57 Å². The van der Waals surface area contributed by atoms with Crippen molar-refractivity contribution in [1.82, 2.24) is 4.90 Å². The van der Waals surface area contributed by atoms with Crippen LogP contribution in [0, 0.1) is 0 Å². The van der Waals surface area contributed by atoms with E-state index in [4.69, 9.17) is 0 Å². The van der Waals surface area contributed by atoms with Crippen LogP contribution in [0.5, 0.6) is 0 Å². The highest BCUT2D eigenvalue weighted by Gasteiger charge is 2.38. The topological polar surface area (TPSA) is 86.7 Å². The highest BCUT2D eigenvalue weighted by atomic mass is 16.3. The summed E-state index contributed by atoms with van der Waals surface area (Å²) >= 11 is 0. The molecular formula is C15H14N2O4. The number of hydrogen-bond acceptors (Lipinski definition) is 4. The van der Waals surface area contributed by atoms with Crippen molar-refractivity contribution in [3.05, 3.63) is 48.2 Å². The van der Waals surface area contributed by atoms with Gasteiger partial charge in [0.1, 0.15) is 0 Å². The number of amides is 3. The molecule has 0 fully saturated rings. The van der Waals surface area contributed by atoms with Gasteiger partial charge in [-0.25, -0.2) is 0 Å². The smallest absolute Gasteiger partial charge is 0.296 e. The minimum absolute atomic E-state index is 0.0369. The molecule has 21 heavy (non-hydrogen) atoms. The van der Waals surface area contributed by atoms with Crippen LogP contribution in [-0.2, 0) is 14.4 Å². The van der Waals surface area contributed by atoms with Crippen molar-refractivity contribution in [3.63, 3.8) is 0 Å². The molecule has 0 aromatic heterocycles. The SMILES string of the molecule is C=CCN1C(=O)C(O)=C(c2ccc(NC(C)=O)cc2)C1=O. The largest absolute Gasteiger partial charge is 0.502 e. The molecule has 0 saturated heterocycles. The first-order valence-electron chi connectivity index (χ1n) is 6.24. The lowest BCUT2D eigenvalue weighted by atomic mass is 10.1. The van der Waals surface area contributed by atoms with E-state index >= 15 is 0 Å². The molecule has 0 aliphatic carbocycles. The van der Waals surface area contributed by atoms with Gasteiger partial charge in [-0.15, -0.1) is 6.58 Å². The summed E-state index contributed by atoms with van der Waals surface area (Å²) in [4.78, 5) is 35.8. The lowest BCUT2D eigenvalue weighted by molar-refractivity contribution is -0.137. The zero-order valence-corrected chi connectivity index (χ0v) is 11.4. The highest BCUT2D eigenvalue weighted by molar-refractivity contribution is 6.34. The molecule has 108 valence electrons. The average Bonchev–Trinajstić information content (AvgIpc) is 2.64.